The van der Waals surface area contributed by atoms with E-state index in [0.717, 1.165) is 34.8 Å². The predicted molar refractivity (Wildman–Crippen MR) is 131 cm³/mol. The van der Waals surface area contributed by atoms with Gasteiger partial charge in [-0.25, -0.2) is 8.78 Å². The molecule has 0 radical (unpaired) electrons. The number of nitrogens with zero attached hydrogens (tertiary/aromatic N) is 3. The lowest BCUT2D eigenvalue weighted by molar-refractivity contribution is 0.0237. The summed E-state index contributed by atoms with van der Waals surface area (Å²) in [5.74, 6) is -0.342. The van der Waals surface area contributed by atoms with Crippen LogP contribution in [-0.2, 0) is 6.42 Å². The van der Waals surface area contributed by atoms with Gasteiger partial charge in [-0.2, -0.15) is 10.5 Å². The van der Waals surface area contributed by atoms with Crippen LogP contribution in [0.2, 0.25) is 0 Å². The van der Waals surface area contributed by atoms with Gasteiger partial charge >= 0.3 is 0 Å². The molecule has 1 aliphatic heterocycles. The van der Waals surface area contributed by atoms with E-state index in [2.05, 4.69) is 39.0 Å². The summed E-state index contributed by atoms with van der Waals surface area (Å²) in [7, 11) is 0. The number of alkyl halides is 1. The predicted octanol–water partition coefficient (Wildman–Crippen LogP) is 6.71. The fourth-order valence-electron chi connectivity index (χ4n) is 4.90. The molecule has 0 N–H and O–H groups in total. The van der Waals surface area contributed by atoms with Gasteiger partial charge in [-0.05, 0) is 78.4 Å². The molecular weight excluding hydrogens is 496 g/mol. The number of hydrogen-bond donors (Lipinski definition) is 0. The van der Waals surface area contributed by atoms with E-state index in [0.29, 0.717) is 17.5 Å². The molecule has 1 saturated heterocycles. The van der Waals surface area contributed by atoms with Crippen molar-refractivity contribution >= 4 is 15.9 Å². The van der Waals surface area contributed by atoms with E-state index in [1.54, 1.807) is 13.0 Å². The van der Waals surface area contributed by atoms with Gasteiger partial charge in [0.2, 0.25) is 0 Å². The second-order valence-electron chi connectivity index (χ2n) is 9.27. The second kappa shape index (κ2) is 10.1. The molecule has 0 bridgehead atoms. The molecule has 172 valence electrons. The first-order chi connectivity index (χ1) is 16.3. The lowest BCUT2D eigenvalue weighted by Gasteiger charge is -2.46. The Bertz CT molecular complexity index is 1250. The molecule has 6 heteroatoms. The third-order valence-electron chi connectivity index (χ3n) is 6.24. The highest BCUT2D eigenvalue weighted by atomic mass is 79.9. The summed E-state index contributed by atoms with van der Waals surface area (Å²) in [4.78, 5) is 2.32. The topological polar surface area (TPSA) is 50.8 Å². The van der Waals surface area contributed by atoms with Crippen LogP contribution in [0.1, 0.15) is 47.2 Å². The first kappa shape index (κ1) is 24.1. The number of likely N-dealkylation sites (tertiary alicyclic amines) is 1. The van der Waals surface area contributed by atoms with Crippen LogP contribution in [0.5, 0.6) is 0 Å². The summed E-state index contributed by atoms with van der Waals surface area (Å²) >= 11 is 3.56. The van der Waals surface area contributed by atoms with Crippen molar-refractivity contribution in [1.82, 2.24) is 4.90 Å². The van der Waals surface area contributed by atoms with Crippen LogP contribution < -0.4 is 0 Å². The van der Waals surface area contributed by atoms with E-state index in [9.17, 15) is 4.39 Å². The minimum absolute atomic E-state index is 0.00812. The smallest absolute Gasteiger partial charge is 0.124 e. The number of nitriles is 2. The maximum atomic E-state index is 15.5. The van der Waals surface area contributed by atoms with Crippen LogP contribution in [0, 0.1) is 34.4 Å². The third-order valence-corrected chi connectivity index (χ3v) is 6.74. The molecule has 3 aromatic rings. The van der Waals surface area contributed by atoms with Gasteiger partial charge < -0.3 is 0 Å². The van der Waals surface area contributed by atoms with Crippen molar-refractivity contribution in [2.75, 3.05) is 13.1 Å². The summed E-state index contributed by atoms with van der Waals surface area (Å²) in [6.07, 6.45) is 0.432. The Hall–Kier alpha value is -3.06. The first-order valence-corrected chi connectivity index (χ1v) is 11.9. The van der Waals surface area contributed by atoms with Crippen molar-refractivity contribution in [3.05, 3.63) is 105 Å². The van der Waals surface area contributed by atoms with Gasteiger partial charge in [0.1, 0.15) is 11.5 Å². The number of halogens is 3. The van der Waals surface area contributed by atoms with Gasteiger partial charge in [0.25, 0.3) is 0 Å². The molecule has 1 fully saturated rings. The largest absolute Gasteiger partial charge is 0.292 e. The quantitative estimate of drug-likeness (QED) is 0.348. The van der Waals surface area contributed by atoms with E-state index >= 15 is 4.39 Å². The number of rotatable bonds is 7. The Morgan fingerprint density at radius 1 is 1.00 bits per heavy atom. The molecule has 1 heterocycles. The molecular formula is C28H24BrF2N3. The number of hydrogen-bond acceptors (Lipinski definition) is 3. The van der Waals surface area contributed by atoms with Crippen LogP contribution in [0.25, 0.3) is 0 Å². The monoisotopic (exact) mass is 519 g/mol. The van der Waals surface area contributed by atoms with Crippen molar-refractivity contribution in [3.63, 3.8) is 0 Å². The highest BCUT2D eigenvalue weighted by Crippen LogP contribution is 2.39. The molecule has 1 aliphatic rings. The lowest BCUT2D eigenvalue weighted by Crippen LogP contribution is -2.50. The number of benzene rings is 3. The molecule has 0 spiro atoms. The standard InChI is InChI=1S/C28H24BrF2N3/c1-28(31,13-20-9-21(16-33)11-26(30)10-20)14-22-17-34(18-22)27(24-3-2-4-25(29)12-24)23-7-5-19(15-32)6-8-23/h2-12,22,27H,13-14,17-18H2,1H3. The van der Waals surface area contributed by atoms with Crippen LogP contribution in [0.3, 0.4) is 0 Å². The minimum atomic E-state index is -1.50. The molecule has 3 aromatic carbocycles. The molecule has 0 aliphatic carbocycles. The van der Waals surface area contributed by atoms with Crippen molar-refractivity contribution in [2.24, 2.45) is 5.92 Å². The van der Waals surface area contributed by atoms with Crippen molar-refractivity contribution in [1.29, 1.82) is 10.5 Å². The highest BCUT2D eigenvalue weighted by molar-refractivity contribution is 9.10. The Balaban J connectivity index is 1.47. The van der Waals surface area contributed by atoms with Gasteiger partial charge in [0, 0.05) is 24.0 Å². The Labute approximate surface area is 207 Å². The van der Waals surface area contributed by atoms with Crippen molar-refractivity contribution in [3.8, 4) is 12.1 Å². The fourth-order valence-corrected chi connectivity index (χ4v) is 5.31. The zero-order valence-electron chi connectivity index (χ0n) is 18.8. The normalized spacial score (nSPS) is 16.6. The van der Waals surface area contributed by atoms with Crippen LogP contribution >= 0.6 is 15.9 Å². The molecule has 3 nitrogen and oxygen atoms in total. The molecule has 4 rings (SSSR count). The SMILES string of the molecule is CC(F)(Cc1cc(F)cc(C#N)c1)CC1CN(C(c2ccc(C#N)cc2)c2cccc(Br)c2)C1. The van der Waals surface area contributed by atoms with E-state index < -0.39 is 11.5 Å². The van der Waals surface area contributed by atoms with E-state index in [4.69, 9.17) is 10.5 Å². The van der Waals surface area contributed by atoms with Gasteiger partial charge in [0.05, 0.1) is 29.3 Å². The molecule has 34 heavy (non-hydrogen) atoms. The van der Waals surface area contributed by atoms with E-state index in [-0.39, 0.29) is 23.9 Å². The fraction of sp³-hybridized carbons (Fsp3) is 0.286. The van der Waals surface area contributed by atoms with Crippen LogP contribution in [-0.4, -0.2) is 23.7 Å². The lowest BCUT2D eigenvalue weighted by atomic mass is 9.82. The highest BCUT2D eigenvalue weighted by Gasteiger charge is 2.38. The van der Waals surface area contributed by atoms with E-state index in [1.165, 1.54) is 6.07 Å². The maximum absolute atomic E-state index is 15.5. The van der Waals surface area contributed by atoms with E-state index in [1.807, 2.05) is 42.5 Å². The molecule has 2 unspecified atom stereocenters. The average Bonchev–Trinajstić information content (AvgIpc) is 2.77. The Morgan fingerprint density at radius 3 is 2.35 bits per heavy atom. The van der Waals surface area contributed by atoms with Gasteiger partial charge in [-0.3, -0.25) is 4.90 Å². The summed E-state index contributed by atoms with van der Waals surface area (Å²) in [6.45, 7) is 3.03. The van der Waals surface area contributed by atoms with Crippen LogP contribution in [0.4, 0.5) is 8.78 Å². The molecule has 0 saturated carbocycles. The average molecular weight is 520 g/mol. The summed E-state index contributed by atoms with van der Waals surface area (Å²) in [5.41, 5.74) is 2.04. The molecule has 0 amide bonds. The zero-order valence-corrected chi connectivity index (χ0v) is 20.4. The van der Waals surface area contributed by atoms with Crippen molar-refractivity contribution < 1.29 is 8.78 Å². The molecule has 0 aromatic heterocycles. The minimum Gasteiger partial charge on any atom is -0.292 e. The maximum Gasteiger partial charge on any atom is 0.124 e. The summed E-state index contributed by atoms with van der Waals surface area (Å²) in [5, 5.41) is 18.2. The van der Waals surface area contributed by atoms with Gasteiger partial charge in [-0.15, -0.1) is 0 Å². The zero-order chi connectivity index (χ0) is 24.3. The van der Waals surface area contributed by atoms with Crippen molar-refractivity contribution in [2.45, 2.75) is 31.5 Å². The second-order valence-corrected chi connectivity index (χ2v) is 10.2. The molecule has 2 atom stereocenters. The van der Waals surface area contributed by atoms with Gasteiger partial charge in [0.15, 0.2) is 0 Å². The van der Waals surface area contributed by atoms with Crippen LogP contribution in [0.15, 0.2) is 71.2 Å². The Kier molecular flexibility index (Phi) is 7.12. The summed E-state index contributed by atoms with van der Waals surface area (Å²) in [6, 6.07) is 23.9. The Morgan fingerprint density at radius 2 is 1.71 bits per heavy atom. The summed E-state index contributed by atoms with van der Waals surface area (Å²) < 4.78 is 30.2. The van der Waals surface area contributed by atoms with Gasteiger partial charge in [-0.1, -0.05) is 40.2 Å². The third kappa shape index (κ3) is 5.70. The first-order valence-electron chi connectivity index (χ1n) is 11.1.